The molecule has 7 heteroatoms. The van der Waals surface area contributed by atoms with Gasteiger partial charge in [-0.1, -0.05) is 30.3 Å². The standard InChI is InChI=1S/C23H19N3O4/c27-21(14-15-26-20-9-5-4-8-19(20)22(28)25-23(26)29)24-16-10-12-18(13-11-16)30-17-6-2-1-3-7-17/h1-13H,14-15H2,(H,24,27)(H,25,28,29). The van der Waals surface area contributed by atoms with Gasteiger partial charge in [-0.3, -0.25) is 19.1 Å². The molecule has 30 heavy (non-hydrogen) atoms. The number of H-pyrrole nitrogens is 1. The van der Waals surface area contributed by atoms with Crippen molar-refractivity contribution in [2.75, 3.05) is 5.32 Å². The minimum Gasteiger partial charge on any atom is -0.457 e. The average molecular weight is 401 g/mol. The highest BCUT2D eigenvalue weighted by molar-refractivity contribution is 5.90. The van der Waals surface area contributed by atoms with Gasteiger partial charge in [0, 0.05) is 18.7 Å². The van der Waals surface area contributed by atoms with Crippen LogP contribution in [0.1, 0.15) is 6.42 Å². The second-order valence-corrected chi connectivity index (χ2v) is 6.67. The maximum absolute atomic E-state index is 12.3. The molecule has 1 heterocycles. The summed E-state index contributed by atoms with van der Waals surface area (Å²) in [6, 6.07) is 23.2. The van der Waals surface area contributed by atoms with Gasteiger partial charge in [0.15, 0.2) is 0 Å². The first-order chi connectivity index (χ1) is 14.6. The molecule has 0 saturated heterocycles. The van der Waals surface area contributed by atoms with Crippen LogP contribution >= 0.6 is 0 Å². The molecule has 0 fully saturated rings. The molecule has 1 aromatic heterocycles. The highest BCUT2D eigenvalue weighted by Gasteiger charge is 2.09. The topological polar surface area (TPSA) is 93.2 Å². The smallest absolute Gasteiger partial charge is 0.328 e. The molecule has 0 aliphatic heterocycles. The molecule has 4 rings (SSSR count). The number of amides is 1. The Hall–Kier alpha value is -4.13. The number of benzene rings is 3. The van der Waals surface area contributed by atoms with Crippen molar-refractivity contribution < 1.29 is 9.53 Å². The lowest BCUT2D eigenvalue weighted by Gasteiger charge is -2.10. The lowest BCUT2D eigenvalue weighted by molar-refractivity contribution is -0.116. The summed E-state index contributed by atoms with van der Waals surface area (Å²) in [5.74, 6) is 1.15. The first kappa shape index (κ1) is 19.2. The molecular formula is C23H19N3O4. The molecular weight excluding hydrogens is 382 g/mol. The molecule has 0 bridgehead atoms. The number of nitrogens with one attached hydrogen (secondary N) is 2. The fraction of sp³-hybridized carbons (Fsp3) is 0.0870. The molecule has 150 valence electrons. The second-order valence-electron chi connectivity index (χ2n) is 6.67. The Labute approximate surface area is 171 Å². The maximum Gasteiger partial charge on any atom is 0.328 e. The Morgan fingerprint density at radius 2 is 1.53 bits per heavy atom. The number of carbonyl (C=O) groups is 1. The first-order valence-corrected chi connectivity index (χ1v) is 9.45. The van der Waals surface area contributed by atoms with Crippen LogP contribution in [0.2, 0.25) is 0 Å². The summed E-state index contributed by atoms with van der Waals surface area (Å²) in [6.45, 7) is 0.150. The van der Waals surface area contributed by atoms with Crippen molar-refractivity contribution in [3.63, 3.8) is 0 Å². The largest absolute Gasteiger partial charge is 0.457 e. The summed E-state index contributed by atoms with van der Waals surface area (Å²) in [6.07, 6.45) is 0.0816. The third-order valence-electron chi connectivity index (χ3n) is 4.58. The van der Waals surface area contributed by atoms with Crippen molar-refractivity contribution in [3.8, 4) is 11.5 Å². The summed E-state index contributed by atoms with van der Waals surface area (Å²) >= 11 is 0. The first-order valence-electron chi connectivity index (χ1n) is 9.45. The number of para-hydroxylation sites is 2. The van der Waals surface area contributed by atoms with Crippen LogP contribution < -0.4 is 21.3 Å². The highest BCUT2D eigenvalue weighted by atomic mass is 16.5. The van der Waals surface area contributed by atoms with Crippen molar-refractivity contribution in [2.45, 2.75) is 13.0 Å². The zero-order valence-electron chi connectivity index (χ0n) is 16.0. The number of nitrogens with zero attached hydrogens (tertiary/aromatic N) is 1. The highest BCUT2D eigenvalue weighted by Crippen LogP contribution is 2.22. The normalized spacial score (nSPS) is 10.7. The minimum absolute atomic E-state index is 0.0816. The number of hydrogen-bond acceptors (Lipinski definition) is 4. The third kappa shape index (κ3) is 4.30. The molecule has 2 N–H and O–H groups in total. The van der Waals surface area contributed by atoms with E-state index in [-0.39, 0.29) is 18.9 Å². The molecule has 0 unspecified atom stereocenters. The summed E-state index contributed by atoms with van der Waals surface area (Å²) in [4.78, 5) is 38.7. The fourth-order valence-electron chi connectivity index (χ4n) is 3.13. The zero-order valence-corrected chi connectivity index (χ0v) is 16.0. The summed E-state index contributed by atoms with van der Waals surface area (Å²) < 4.78 is 7.12. The van der Waals surface area contributed by atoms with Crippen LogP contribution in [0, 0.1) is 0 Å². The van der Waals surface area contributed by atoms with E-state index in [1.807, 2.05) is 30.3 Å². The second kappa shape index (κ2) is 8.48. The van der Waals surface area contributed by atoms with Crippen molar-refractivity contribution in [2.24, 2.45) is 0 Å². The van der Waals surface area contributed by atoms with E-state index in [4.69, 9.17) is 4.74 Å². The number of anilines is 1. The Kier molecular flexibility index (Phi) is 5.43. The van der Waals surface area contributed by atoms with E-state index < -0.39 is 11.2 Å². The monoisotopic (exact) mass is 401 g/mol. The van der Waals surface area contributed by atoms with Crippen LogP contribution in [-0.4, -0.2) is 15.5 Å². The van der Waals surface area contributed by atoms with Gasteiger partial charge in [0.1, 0.15) is 11.5 Å². The van der Waals surface area contributed by atoms with Gasteiger partial charge < -0.3 is 10.1 Å². The molecule has 4 aromatic rings. The van der Waals surface area contributed by atoms with Gasteiger partial charge in [-0.25, -0.2) is 4.79 Å². The lowest BCUT2D eigenvalue weighted by atomic mass is 10.2. The van der Waals surface area contributed by atoms with Crippen molar-refractivity contribution in [1.29, 1.82) is 0 Å². The van der Waals surface area contributed by atoms with Crippen molar-refractivity contribution >= 4 is 22.5 Å². The Bertz CT molecular complexity index is 1290. The van der Waals surface area contributed by atoms with E-state index in [1.54, 1.807) is 48.5 Å². The predicted octanol–water partition coefficient (Wildman–Crippen LogP) is 3.51. The van der Waals surface area contributed by atoms with Crippen molar-refractivity contribution in [1.82, 2.24) is 9.55 Å². The Morgan fingerprint density at radius 3 is 2.30 bits per heavy atom. The van der Waals surface area contributed by atoms with Gasteiger partial charge in [-0.15, -0.1) is 0 Å². The molecule has 3 aromatic carbocycles. The summed E-state index contributed by atoms with van der Waals surface area (Å²) in [5, 5.41) is 3.21. The van der Waals surface area contributed by atoms with Gasteiger partial charge in [0.2, 0.25) is 5.91 Å². The maximum atomic E-state index is 12.3. The quantitative estimate of drug-likeness (QED) is 0.517. The molecule has 7 nitrogen and oxygen atoms in total. The van der Waals surface area contributed by atoms with E-state index in [0.29, 0.717) is 22.3 Å². The Morgan fingerprint density at radius 1 is 0.867 bits per heavy atom. The molecule has 0 saturated carbocycles. The number of hydrogen-bond donors (Lipinski definition) is 2. The number of rotatable bonds is 6. The lowest BCUT2D eigenvalue weighted by Crippen LogP contribution is -2.31. The van der Waals surface area contributed by atoms with Gasteiger partial charge in [0.05, 0.1) is 10.9 Å². The fourth-order valence-corrected chi connectivity index (χ4v) is 3.13. The summed E-state index contributed by atoms with van der Waals surface area (Å²) in [5.41, 5.74) is 0.156. The van der Waals surface area contributed by atoms with Gasteiger partial charge >= 0.3 is 5.69 Å². The van der Waals surface area contributed by atoms with Crippen LogP contribution in [-0.2, 0) is 11.3 Å². The third-order valence-corrected chi connectivity index (χ3v) is 4.58. The van der Waals surface area contributed by atoms with Gasteiger partial charge in [-0.2, -0.15) is 0 Å². The molecule has 0 aliphatic carbocycles. The van der Waals surface area contributed by atoms with E-state index >= 15 is 0 Å². The number of fused-ring (bicyclic) bond motifs is 1. The molecule has 0 aliphatic rings. The number of aromatic amines is 1. The Balaban J connectivity index is 1.40. The van der Waals surface area contributed by atoms with E-state index in [2.05, 4.69) is 10.3 Å². The number of ether oxygens (including phenoxy) is 1. The van der Waals surface area contributed by atoms with Crippen molar-refractivity contribution in [3.05, 3.63) is 99.7 Å². The van der Waals surface area contributed by atoms with Crippen LogP contribution in [0.3, 0.4) is 0 Å². The molecule has 1 amide bonds. The van der Waals surface area contributed by atoms with Gasteiger partial charge in [0.25, 0.3) is 5.56 Å². The van der Waals surface area contributed by atoms with Crippen LogP contribution in [0.4, 0.5) is 5.69 Å². The zero-order chi connectivity index (χ0) is 20.9. The summed E-state index contributed by atoms with van der Waals surface area (Å²) in [7, 11) is 0. The molecule has 0 spiro atoms. The number of carbonyl (C=O) groups excluding carboxylic acids is 1. The molecule has 0 atom stereocenters. The molecule has 0 radical (unpaired) electrons. The van der Waals surface area contributed by atoms with E-state index in [9.17, 15) is 14.4 Å². The van der Waals surface area contributed by atoms with Gasteiger partial charge in [-0.05, 0) is 48.5 Å². The van der Waals surface area contributed by atoms with Crippen LogP contribution in [0.15, 0.2) is 88.5 Å². The number of aryl methyl sites for hydroxylation is 1. The van der Waals surface area contributed by atoms with E-state index in [1.165, 1.54) is 4.57 Å². The average Bonchev–Trinajstić information content (AvgIpc) is 2.76. The number of aromatic nitrogens is 2. The predicted molar refractivity (Wildman–Crippen MR) is 115 cm³/mol. The SMILES string of the molecule is O=C(CCn1c(=O)[nH]c(=O)c2ccccc21)Nc1ccc(Oc2ccccc2)cc1. The van der Waals surface area contributed by atoms with Crippen LogP contribution in [0.5, 0.6) is 11.5 Å². The van der Waals surface area contributed by atoms with E-state index in [0.717, 1.165) is 5.75 Å². The minimum atomic E-state index is -0.533. The van der Waals surface area contributed by atoms with Crippen LogP contribution in [0.25, 0.3) is 10.9 Å².